The molecule has 0 aromatic heterocycles. The summed E-state index contributed by atoms with van der Waals surface area (Å²) in [6.45, 7) is 4.49. The molecule has 1 aromatic carbocycles. The van der Waals surface area contributed by atoms with Gasteiger partial charge in [0.15, 0.2) is 0 Å². The van der Waals surface area contributed by atoms with Crippen LogP contribution < -0.4 is 0 Å². The molecule has 1 fully saturated rings. The van der Waals surface area contributed by atoms with Crippen molar-refractivity contribution in [1.82, 2.24) is 9.80 Å². The van der Waals surface area contributed by atoms with Crippen LogP contribution in [-0.2, 0) is 11.3 Å². The maximum absolute atomic E-state index is 11.6. The van der Waals surface area contributed by atoms with E-state index in [0.717, 1.165) is 31.7 Å². The second-order valence-electron chi connectivity index (χ2n) is 4.87. The Labute approximate surface area is 112 Å². The molecular weight excluding hydrogens is 244 g/mol. The van der Waals surface area contributed by atoms with Gasteiger partial charge in [-0.2, -0.15) is 0 Å². The molecule has 0 amide bonds. The van der Waals surface area contributed by atoms with E-state index in [1.165, 1.54) is 0 Å². The first kappa shape index (κ1) is 13.7. The third-order valence-corrected chi connectivity index (χ3v) is 3.45. The SMILES string of the molecule is CN1CCN(Cc2ccccc2C(=O)C(=O)O)CC1. The molecule has 0 unspecified atom stereocenters. The number of aliphatic carboxylic acids is 1. The molecule has 0 atom stereocenters. The van der Waals surface area contributed by atoms with Crippen LogP contribution >= 0.6 is 0 Å². The summed E-state index contributed by atoms with van der Waals surface area (Å²) < 4.78 is 0. The van der Waals surface area contributed by atoms with Crippen LogP contribution in [0.2, 0.25) is 0 Å². The molecule has 0 saturated carbocycles. The first-order chi connectivity index (χ1) is 9.08. The highest BCUT2D eigenvalue weighted by Gasteiger charge is 2.20. The van der Waals surface area contributed by atoms with Crippen molar-refractivity contribution in [2.75, 3.05) is 33.2 Å². The van der Waals surface area contributed by atoms with E-state index in [4.69, 9.17) is 5.11 Å². The highest BCUT2D eigenvalue weighted by atomic mass is 16.4. The van der Waals surface area contributed by atoms with Gasteiger partial charge in [-0.05, 0) is 12.6 Å². The van der Waals surface area contributed by atoms with Gasteiger partial charge in [0.1, 0.15) is 0 Å². The number of benzene rings is 1. The van der Waals surface area contributed by atoms with Gasteiger partial charge in [0.05, 0.1) is 0 Å². The molecule has 1 heterocycles. The molecule has 1 aliphatic rings. The lowest BCUT2D eigenvalue weighted by Crippen LogP contribution is -2.44. The molecule has 0 spiro atoms. The van der Waals surface area contributed by atoms with Crippen LogP contribution in [0.25, 0.3) is 0 Å². The van der Waals surface area contributed by atoms with Crippen LogP contribution in [0.4, 0.5) is 0 Å². The van der Waals surface area contributed by atoms with Gasteiger partial charge in [-0.15, -0.1) is 0 Å². The van der Waals surface area contributed by atoms with Crippen molar-refractivity contribution in [3.05, 3.63) is 35.4 Å². The highest BCUT2D eigenvalue weighted by Crippen LogP contribution is 2.14. The first-order valence-electron chi connectivity index (χ1n) is 6.34. The minimum Gasteiger partial charge on any atom is -0.475 e. The number of hydrogen-bond donors (Lipinski definition) is 1. The fraction of sp³-hybridized carbons (Fsp3) is 0.429. The van der Waals surface area contributed by atoms with Gasteiger partial charge in [0, 0.05) is 38.3 Å². The van der Waals surface area contributed by atoms with Crippen LogP contribution in [0.5, 0.6) is 0 Å². The van der Waals surface area contributed by atoms with Crippen molar-refractivity contribution in [3.8, 4) is 0 Å². The number of piperazine rings is 1. The molecule has 1 aromatic rings. The van der Waals surface area contributed by atoms with E-state index in [-0.39, 0.29) is 0 Å². The van der Waals surface area contributed by atoms with Crippen molar-refractivity contribution in [2.24, 2.45) is 0 Å². The highest BCUT2D eigenvalue weighted by molar-refractivity contribution is 6.40. The predicted octanol–water partition coefficient (Wildman–Crippen LogP) is 0.701. The van der Waals surface area contributed by atoms with E-state index in [0.29, 0.717) is 12.1 Å². The second-order valence-corrected chi connectivity index (χ2v) is 4.87. The van der Waals surface area contributed by atoms with Gasteiger partial charge in [-0.25, -0.2) is 4.79 Å². The summed E-state index contributed by atoms with van der Waals surface area (Å²) in [7, 11) is 2.08. The van der Waals surface area contributed by atoms with Crippen LogP contribution in [0.3, 0.4) is 0 Å². The van der Waals surface area contributed by atoms with E-state index in [9.17, 15) is 9.59 Å². The number of Topliss-reactive ketones (excluding diaryl/α,β-unsaturated/α-hetero) is 1. The van der Waals surface area contributed by atoms with Gasteiger partial charge >= 0.3 is 5.97 Å². The molecular formula is C14H18N2O3. The minimum absolute atomic E-state index is 0.300. The average Bonchev–Trinajstić information content (AvgIpc) is 2.41. The standard InChI is InChI=1S/C14H18N2O3/c1-15-6-8-16(9-7-15)10-11-4-2-3-5-12(11)13(17)14(18)19/h2-5H,6-10H2,1H3,(H,18,19). The number of carbonyl (C=O) groups excluding carboxylic acids is 1. The maximum Gasteiger partial charge on any atom is 0.377 e. The fourth-order valence-electron chi connectivity index (χ4n) is 2.24. The number of carboxylic acids is 1. The third kappa shape index (κ3) is 3.39. The molecule has 1 saturated heterocycles. The summed E-state index contributed by atoms with van der Waals surface area (Å²) in [5, 5.41) is 8.83. The van der Waals surface area contributed by atoms with Gasteiger partial charge in [0.2, 0.25) is 0 Å². The van der Waals surface area contributed by atoms with Crippen LogP contribution in [0, 0.1) is 0 Å². The number of ketones is 1. The van der Waals surface area contributed by atoms with Crippen molar-refractivity contribution in [1.29, 1.82) is 0 Å². The Balaban J connectivity index is 2.12. The normalized spacial score (nSPS) is 17.3. The summed E-state index contributed by atoms with van der Waals surface area (Å²) in [6, 6.07) is 6.95. The van der Waals surface area contributed by atoms with Crippen LogP contribution in [0.15, 0.2) is 24.3 Å². The van der Waals surface area contributed by atoms with Crippen molar-refractivity contribution >= 4 is 11.8 Å². The molecule has 5 heteroatoms. The van der Waals surface area contributed by atoms with E-state index >= 15 is 0 Å². The van der Waals surface area contributed by atoms with Crippen molar-refractivity contribution < 1.29 is 14.7 Å². The minimum atomic E-state index is -1.40. The molecule has 19 heavy (non-hydrogen) atoms. The Morgan fingerprint density at radius 1 is 1.16 bits per heavy atom. The molecule has 2 rings (SSSR count). The molecule has 0 aliphatic carbocycles. The largest absolute Gasteiger partial charge is 0.475 e. The Hall–Kier alpha value is -1.72. The predicted molar refractivity (Wildman–Crippen MR) is 71.2 cm³/mol. The Kier molecular flexibility index (Phi) is 4.29. The third-order valence-electron chi connectivity index (χ3n) is 3.45. The Morgan fingerprint density at radius 2 is 1.79 bits per heavy atom. The average molecular weight is 262 g/mol. The number of carboxylic acid groups (broad SMARTS) is 1. The Morgan fingerprint density at radius 3 is 2.42 bits per heavy atom. The zero-order valence-electron chi connectivity index (χ0n) is 11.0. The summed E-state index contributed by atoms with van der Waals surface area (Å²) in [5.74, 6) is -2.23. The number of likely N-dealkylation sites (N-methyl/N-ethyl adjacent to an activating group) is 1. The van der Waals surface area contributed by atoms with Gasteiger partial charge in [-0.1, -0.05) is 24.3 Å². The zero-order valence-corrected chi connectivity index (χ0v) is 11.0. The molecule has 1 N–H and O–H groups in total. The lowest BCUT2D eigenvalue weighted by molar-refractivity contribution is -0.131. The number of carbonyl (C=O) groups is 2. The topological polar surface area (TPSA) is 60.9 Å². The number of rotatable bonds is 4. The van der Waals surface area contributed by atoms with E-state index in [1.54, 1.807) is 12.1 Å². The molecule has 102 valence electrons. The number of hydrogen-bond acceptors (Lipinski definition) is 4. The smallest absolute Gasteiger partial charge is 0.377 e. The Bertz CT molecular complexity index is 479. The van der Waals surface area contributed by atoms with E-state index in [1.807, 2.05) is 12.1 Å². The quantitative estimate of drug-likeness (QED) is 0.639. The molecule has 5 nitrogen and oxygen atoms in total. The van der Waals surface area contributed by atoms with Crippen molar-refractivity contribution in [3.63, 3.8) is 0 Å². The lowest BCUT2D eigenvalue weighted by atomic mass is 10.0. The molecule has 0 bridgehead atoms. The van der Waals surface area contributed by atoms with Crippen LogP contribution in [-0.4, -0.2) is 59.9 Å². The lowest BCUT2D eigenvalue weighted by Gasteiger charge is -2.32. The van der Waals surface area contributed by atoms with Crippen LogP contribution in [0.1, 0.15) is 15.9 Å². The summed E-state index contributed by atoms with van der Waals surface area (Å²) in [6.07, 6.45) is 0. The summed E-state index contributed by atoms with van der Waals surface area (Å²) >= 11 is 0. The zero-order chi connectivity index (χ0) is 13.8. The van der Waals surface area contributed by atoms with Gasteiger partial charge in [0.25, 0.3) is 5.78 Å². The fourth-order valence-corrected chi connectivity index (χ4v) is 2.24. The number of nitrogens with zero attached hydrogens (tertiary/aromatic N) is 2. The molecule has 1 aliphatic heterocycles. The molecule has 0 radical (unpaired) electrons. The van der Waals surface area contributed by atoms with Gasteiger partial charge in [-0.3, -0.25) is 9.69 Å². The monoisotopic (exact) mass is 262 g/mol. The van der Waals surface area contributed by atoms with E-state index < -0.39 is 11.8 Å². The van der Waals surface area contributed by atoms with Gasteiger partial charge < -0.3 is 10.0 Å². The van der Waals surface area contributed by atoms with E-state index in [2.05, 4.69) is 16.8 Å². The maximum atomic E-state index is 11.6. The summed E-state index contributed by atoms with van der Waals surface area (Å²) in [5.41, 5.74) is 1.09. The van der Waals surface area contributed by atoms with Crippen molar-refractivity contribution in [2.45, 2.75) is 6.54 Å². The summed E-state index contributed by atoms with van der Waals surface area (Å²) in [4.78, 5) is 26.9. The first-order valence-corrected chi connectivity index (χ1v) is 6.34. The second kappa shape index (κ2) is 5.95.